The fourth-order valence-electron chi connectivity index (χ4n) is 0.370. The third-order valence-corrected chi connectivity index (χ3v) is 0.777. The van der Waals surface area contributed by atoms with Crippen LogP contribution in [-0.2, 0) is 4.79 Å². The van der Waals surface area contributed by atoms with Crippen LogP contribution in [0.4, 0.5) is 0 Å². The number of allylic oxidation sites excluding steroid dienone is 2. The van der Waals surface area contributed by atoms with Gasteiger partial charge in [0.1, 0.15) is 5.78 Å². The van der Waals surface area contributed by atoms with Crippen molar-refractivity contribution >= 4 is 5.78 Å². The van der Waals surface area contributed by atoms with Crippen molar-refractivity contribution in [3.05, 3.63) is 18.6 Å². The van der Waals surface area contributed by atoms with Crippen molar-refractivity contribution in [3.63, 3.8) is 0 Å². The van der Waals surface area contributed by atoms with Crippen LogP contribution < -0.4 is 0 Å². The lowest BCUT2D eigenvalue weighted by atomic mass is 10.2. The van der Waals surface area contributed by atoms with Crippen molar-refractivity contribution in [2.45, 2.75) is 20.3 Å². The van der Waals surface area contributed by atoms with Gasteiger partial charge >= 0.3 is 0 Å². The van der Waals surface area contributed by atoms with E-state index in [0.717, 1.165) is 6.42 Å². The van der Waals surface area contributed by atoms with Gasteiger partial charge in [0.05, 0.1) is 0 Å². The Morgan fingerprint density at radius 1 is 1.62 bits per heavy atom. The average molecular weight is 111 g/mol. The SMILES string of the molecule is C/C=C\C[CH]C(C)=O. The van der Waals surface area contributed by atoms with Crippen molar-refractivity contribution in [1.29, 1.82) is 0 Å². The van der Waals surface area contributed by atoms with Crippen LogP contribution in [-0.4, -0.2) is 5.78 Å². The number of hydrogen-bond donors (Lipinski definition) is 0. The number of Topliss-reactive ketones (excluding diaryl/α,β-unsaturated/α-hetero) is 1. The lowest BCUT2D eigenvalue weighted by molar-refractivity contribution is -0.114. The van der Waals surface area contributed by atoms with Gasteiger partial charge in [-0.25, -0.2) is 0 Å². The molecule has 0 aromatic rings. The summed E-state index contributed by atoms with van der Waals surface area (Å²) in [5, 5.41) is 0. The maximum Gasteiger partial charge on any atom is 0.133 e. The van der Waals surface area contributed by atoms with Crippen LogP contribution in [0.25, 0.3) is 0 Å². The Labute approximate surface area is 50.4 Å². The molecule has 0 bridgehead atoms. The fourth-order valence-corrected chi connectivity index (χ4v) is 0.370. The highest BCUT2D eigenvalue weighted by atomic mass is 16.1. The molecule has 0 saturated carbocycles. The second-order valence-corrected chi connectivity index (χ2v) is 1.62. The topological polar surface area (TPSA) is 17.1 Å². The van der Waals surface area contributed by atoms with Crippen molar-refractivity contribution in [3.8, 4) is 0 Å². The minimum Gasteiger partial charge on any atom is -0.300 e. The van der Waals surface area contributed by atoms with Crippen LogP contribution in [0.3, 0.4) is 0 Å². The molecule has 0 N–H and O–H groups in total. The van der Waals surface area contributed by atoms with Crippen molar-refractivity contribution in [2.75, 3.05) is 0 Å². The molecule has 0 saturated heterocycles. The maximum absolute atomic E-state index is 10.2. The van der Waals surface area contributed by atoms with Gasteiger partial charge in [-0.05, 0) is 20.3 Å². The highest BCUT2D eigenvalue weighted by Gasteiger charge is 1.87. The zero-order valence-electron chi connectivity index (χ0n) is 5.35. The number of hydrogen-bond acceptors (Lipinski definition) is 1. The predicted molar refractivity (Wildman–Crippen MR) is 34.4 cm³/mol. The summed E-state index contributed by atoms with van der Waals surface area (Å²) in [5.74, 6) is 0.142. The first kappa shape index (κ1) is 7.41. The molecule has 0 atom stereocenters. The van der Waals surface area contributed by atoms with Crippen LogP contribution in [0.1, 0.15) is 20.3 Å². The van der Waals surface area contributed by atoms with Gasteiger partial charge in [-0.1, -0.05) is 12.2 Å². The molecule has 0 aliphatic carbocycles. The Bertz CT molecular complexity index is 92.6. The first-order valence-electron chi connectivity index (χ1n) is 2.72. The molecule has 0 rings (SSSR count). The molecule has 1 nitrogen and oxygen atoms in total. The van der Waals surface area contributed by atoms with Gasteiger partial charge in [0.25, 0.3) is 0 Å². The number of ketones is 1. The van der Waals surface area contributed by atoms with Crippen LogP contribution in [0.2, 0.25) is 0 Å². The lowest BCUT2D eigenvalue weighted by Crippen LogP contribution is -1.87. The molecular formula is C7H11O. The molecule has 0 aromatic heterocycles. The van der Waals surface area contributed by atoms with E-state index in [1.807, 2.05) is 19.1 Å². The molecule has 0 aromatic carbocycles. The van der Waals surface area contributed by atoms with Gasteiger partial charge in [0.15, 0.2) is 0 Å². The van der Waals surface area contributed by atoms with E-state index in [1.165, 1.54) is 0 Å². The van der Waals surface area contributed by atoms with Crippen LogP contribution >= 0.6 is 0 Å². The molecule has 8 heavy (non-hydrogen) atoms. The summed E-state index contributed by atoms with van der Waals surface area (Å²) in [6, 6.07) is 0. The molecule has 0 heterocycles. The van der Waals surface area contributed by atoms with E-state index in [1.54, 1.807) is 13.3 Å². The highest BCUT2D eigenvalue weighted by molar-refractivity contribution is 5.84. The van der Waals surface area contributed by atoms with E-state index >= 15 is 0 Å². The first-order valence-corrected chi connectivity index (χ1v) is 2.72. The minimum absolute atomic E-state index is 0.142. The Morgan fingerprint density at radius 2 is 2.25 bits per heavy atom. The zero-order valence-corrected chi connectivity index (χ0v) is 5.35. The molecule has 0 aliphatic rings. The molecular weight excluding hydrogens is 100 g/mol. The van der Waals surface area contributed by atoms with Crippen molar-refractivity contribution < 1.29 is 4.79 Å². The van der Waals surface area contributed by atoms with Crippen LogP contribution in [0.15, 0.2) is 12.2 Å². The quantitative estimate of drug-likeness (QED) is 0.507. The average Bonchev–Trinajstić information content (AvgIpc) is 1.66. The third kappa shape index (κ3) is 5.41. The summed E-state index contributed by atoms with van der Waals surface area (Å²) >= 11 is 0. The fraction of sp³-hybridized carbons (Fsp3) is 0.429. The standard InChI is InChI=1S/C7H11O/c1-3-4-5-6-7(2)8/h3-4,6H,5H2,1-2H3/b4-3-. The van der Waals surface area contributed by atoms with E-state index in [4.69, 9.17) is 0 Å². The lowest BCUT2D eigenvalue weighted by Gasteiger charge is -1.83. The van der Waals surface area contributed by atoms with Crippen molar-refractivity contribution in [1.82, 2.24) is 0 Å². The molecule has 0 amide bonds. The molecule has 1 radical (unpaired) electrons. The number of carbonyl (C=O) groups excluding carboxylic acids is 1. The van der Waals surface area contributed by atoms with Gasteiger partial charge in [-0.2, -0.15) is 0 Å². The van der Waals surface area contributed by atoms with Crippen LogP contribution in [0.5, 0.6) is 0 Å². The van der Waals surface area contributed by atoms with E-state index in [0.29, 0.717) is 0 Å². The van der Waals surface area contributed by atoms with Crippen molar-refractivity contribution in [2.24, 2.45) is 0 Å². The maximum atomic E-state index is 10.2. The molecule has 1 heteroatoms. The molecule has 0 spiro atoms. The monoisotopic (exact) mass is 111 g/mol. The van der Waals surface area contributed by atoms with Gasteiger partial charge < -0.3 is 0 Å². The van der Waals surface area contributed by atoms with E-state index < -0.39 is 0 Å². The minimum atomic E-state index is 0.142. The number of rotatable bonds is 3. The van der Waals surface area contributed by atoms with E-state index in [-0.39, 0.29) is 5.78 Å². The summed E-state index contributed by atoms with van der Waals surface area (Å²) in [4.78, 5) is 10.2. The normalized spacial score (nSPS) is 10.2. The van der Waals surface area contributed by atoms with Gasteiger partial charge in [0, 0.05) is 6.42 Å². The summed E-state index contributed by atoms with van der Waals surface area (Å²) < 4.78 is 0. The summed E-state index contributed by atoms with van der Waals surface area (Å²) in [6.07, 6.45) is 6.30. The molecule has 0 aliphatic heterocycles. The number of carbonyl (C=O) groups is 1. The van der Waals surface area contributed by atoms with Gasteiger partial charge in [0.2, 0.25) is 0 Å². The largest absolute Gasteiger partial charge is 0.300 e. The van der Waals surface area contributed by atoms with Crippen LogP contribution in [0, 0.1) is 6.42 Å². The predicted octanol–water partition coefficient (Wildman–Crippen LogP) is 1.75. The Balaban J connectivity index is 3.05. The summed E-state index contributed by atoms with van der Waals surface area (Å²) in [5.41, 5.74) is 0. The summed E-state index contributed by atoms with van der Waals surface area (Å²) in [7, 11) is 0. The second kappa shape index (κ2) is 4.57. The molecule has 0 unspecified atom stereocenters. The van der Waals surface area contributed by atoms with Gasteiger partial charge in [-0.3, -0.25) is 4.79 Å². The Kier molecular flexibility index (Phi) is 4.23. The van der Waals surface area contributed by atoms with E-state index in [2.05, 4.69) is 0 Å². The molecule has 45 valence electrons. The summed E-state index contributed by atoms with van der Waals surface area (Å²) in [6.45, 7) is 3.50. The van der Waals surface area contributed by atoms with Gasteiger partial charge in [-0.15, -0.1) is 0 Å². The van der Waals surface area contributed by atoms with E-state index in [9.17, 15) is 4.79 Å². The Morgan fingerprint density at radius 3 is 2.62 bits per heavy atom. The third-order valence-electron chi connectivity index (χ3n) is 0.777. The second-order valence-electron chi connectivity index (χ2n) is 1.62. The molecule has 0 fully saturated rings. The zero-order chi connectivity index (χ0) is 6.41. The smallest absolute Gasteiger partial charge is 0.133 e. The highest BCUT2D eigenvalue weighted by Crippen LogP contribution is 1.88. The first-order chi connectivity index (χ1) is 3.77. The Hall–Kier alpha value is -0.590.